The third kappa shape index (κ3) is 3.19. The molecular formula is C16H21N3O2. The van der Waals surface area contributed by atoms with Gasteiger partial charge in [0.1, 0.15) is 6.61 Å². The van der Waals surface area contributed by atoms with Gasteiger partial charge >= 0.3 is 6.09 Å². The van der Waals surface area contributed by atoms with E-state index in [0.717, 1.165) is 0 Å². The minimum atomic E-state index is -3.06. The number of rotatable bonds is 5. The molecule has 3 rings (SSSR count). The summed E-state index contributed by atoms with van der Waals surface area (Å²) in [5, 5.41) is -0.445. The van der Waals surface area contributed by atoms with Crippen molar-refractivity contribution in [2.75, 3.05) is 27.2 Å². The smallest absolute Gasteiger partial charge is 0.407 e. The SMILES string of the molecule is [2H]c1c(C([2H])([2H])[C@@]2([2H])COC(=O)N2[2H])c([2H])c2c(C([2H])([2H])CN(C)C)c([2H])n([2H])c2c1[2H]. The number of aromatic amines is 1. The zero-order valence-electron chi connectivity index (χ0n) is 22.6. The van der Waals surface area contributed by atoms with Crippen LogP contribution in [-0.4, -0.2) is 49.2 Å². The number of fused-ring (bicyclic) bond motifs is 1. The Balaban J connectivity index is 2.43. The normalized spacial score (nSPS) is 31.1. The maximum Gasteiger partial charge on any atom is 0.407 e. The first-order chi connectivity index (χ1) is 14.5. The highest BCUT2D eigenvalue weighted by Crippen LogP contribution is 2.21. The van der Waals surface area contributed by atoms with Crippen LogP contribution < -0.4 is 5.31 Å². The maximum atomic E-state index is 11.6. The van der Waals surface area contributed by atoms with Crippen LogP contribution in [0.1, 0.15) is 23.5 Å². The molecule has 1 aliphatic heterocycles. The Morgan fingerprint density at radius 2 is 2.48 bits per heavy atom. The molecule has 2 heterocycles. The van der Waals surface area contributed by atoms with E-state index in [4.69, 9.17) is 15.2 Å². The summed E-state index contributed by atoms with van der Waals surface area (Å²) >= 11 is 0. The number of H-pyrrole nitrogens is 1. The molecule has 5 nitrogen and oxygen atoms in total. The lowest BCUT2D eigenvalue weighted by Gasteiger charge is -2.09. The van der Waals surface area contributed by atoms with Crippen molar-refractivity contribution in [3.05, 3.63) is 35.4 Å². The van der Waals surface area contributed by atoms with E-state index >= 15 is 0 Å². The second kappa shape index (κ2) is 5.77. The molecule has 0 spiro atoms. The van der Waals surface area contributed by atoms with Crippen LogP contribution in [0.5, 0.6) is 0 Å². The molecule has 112 valence electrons. The van der Waals surface area contributed by atoms with Crippen LogP contribution in [0.4, 0.5) is 4.79 Å². The highest BCUT2D eigenvalue weighted by molar-refractivity contribution is 5.84. The molecule has 2 N–H and O–H groups in total. The van der Waals surface area contributed by atoms with E-state index in [1.165, 1.54) is 4.90 Å². The van der Waals surface area contributed by atoms with Gasteiger partial charge in [0.2, 0.25) is 0 Å². The molecule has 0 unspecified atom stereocenters. The predicted octanol–water partition coefficient (Wildman–Crippen LogP) is 1.92. The van der Waals surface area contributed by atoms with Gasteiger partial charge in [0.25, 0.3) is 0 Å². The van der Waals surface area contributed by atoms with Gasteiger partial charge in [-0.2, -0.15) is 0 Å². The van der Waals surface area contributed by atoms with Gasteiger partial charge in [-0.3, -0.25) is 0 Å². The summed E-state index contributed by atoms with van der Waals surface area (Å²) in [6.45, 7) is -1.12. The van der Waals surface area contributed by atoms with Gasteiger partial charge in [-0.1, -0.05) is 6.04 Å². The highest BCUT2D eigenvalue weighted by Gasteiger charge is 2.22. The standard InChI is InChI=1S/C16H21N3O2/c1-19(2)6-5-12-9-17-15-4-3-11(8-14(12)15)7-13-10-21-16(20)18-13/h3-4,8-9,13,17H,5-7,10H2,1-2H3,(H,18,20)/t13-/m0/s1/i3D,4D,5D2,7D2,8D,9D,13D/hD2. The summed E-state index contributed by atoms with van der Waals surface area (Å²) < 4.78 is 96.1. The number of carbonyl (C=O) groups is 1. The van der Waals surface area contributed by atoms with Crippen LogP contribution in [-0.2, 0) is 17.5 Å². The Morgan fingerprint density at radius 3 is 3.19 bits per heavy atom. The van der Waals surface area contributed by atoms with Gasteiger partial charge in [0, 0.05) is 29.1 Å². The minimum Gasteiger partial charge on any atom is -0.447 e. The zero-order valence-corrected chi connectivity index (χ0v) is 11.6. The first-order valence-electron chi connectivity index (χ1n) is 11.7. The van der Waals surface area contributed by atoms with Crippen molar-refractivity contribution in [1.82, 2.24) is 15.2 Å². The average molecular weight is 298 g/mol. The lowest BCUT2D eigenvalue weighted by Crippen LogP contribution is -2.28. The molecule has 1 aliphatic rings. The molecule has 1 aromatic heterocycles. The lowest BCUT2D eigenvalue weighted by atomic mass is 10.0. The van der Waals surface area contributed by atoms with Crippen molar-refractivity contribution in [2.45, 2.75) is 18.8 Å². The van der Waals surface area contributed by atoms with E-state index in [-0.39, 0.29) is 11.9 Å². The van der Waals surface area contributed by atoms with Crippen molar-refractivity contribution < 1.29 is 24.7 Å². The molecule has 0 bridgehead atoms. The number of amides is 1. The number of hydrogen-bond donors (Lipinski definition) is 2. The lowest BCUT2D eigenvalue weighted by molar-refractivity contribution is 0.177. The highest BCUT2D eigenvalue weighted by atomic mass is 16.6. The first kappa shape index (κ1) is 6.01. The molecule has 0 saturated carbocycles. The van der Waals surface area contributed by atoms with Crippen LogP contribution in [0.15, 0.2) is 24.3 Å². The fraction of sp³-hybridized carbons (Fsp3) is 0.438. The van der Waals surface area contributed by atoms with Gasteiger partial charge in [-0.25, -0.2) is 4.79 Å². The number of cyclic esters (lactones) is 1. The van der Waals surface area contributed by atoms with Crippen LogP contribution >= 0.6 is 0 Å². The molecule has 1 aromatic carbocycles. The first-order valence-corrected chi connectivity index (χ1v) is 6.26. The van der Waals surface area contributed by atoms with Crippen molar-refractivity contribution in [1.29, 1.82) is 0 Å². The molecule has 0 radical (unpaired) electrons. The van der Waals surface area contributed by atoms with E-state index in [9.17, 15) is 4.79 Å². The number of hydrogen-bond acceptors (Lipinski definition) is 3. The van der Waals surface area contributed by atoms with Gasteiger partial charge in [0.15, 0.2) is 2.82 Å². The van der Waals surface area contributed by atoms with Crippen LogP contribution in [0.2, 0.25) is 2.82 Å². The zero-order chi connectivity index (χ0) is 24.5. The van der Waals surface area contributed by atoms with Crippen molar-refractivity contribution in [2.24, 2.45) is 0 Å². The third-order valence-corrected chi connectivity index (χ3v) is 2.72. The van der Waals surface area contributed by atoms with Crippen LogP contribution in [0.25, 0.3) is 10.9 Å². The molecule has 1 saturated heterocycles. The van der Waals surface area contributed by atoms with E-state index in [1.54, 1.807) is 14.1 Å². The van der Waals surface area contributed by atoms with Crippen molar-refractivity contribution in [3.8, 4) is 0 Å². The minimum absolute atomic E-state index is 0.0441. The number of ether oxygens (including phenoxy) is 1. The summed E-state index contributed by atoms with van der Waals surface area (Å²) in [5.74, 6) is 0. The molecule has 1 atom stereocenters. The fourth-order valence-electron chi connectivity index (χ4n) is 1.77. The summed E-state index contributed by atoms with van der Waals surface area (Å²) in [6.07, 6.45) is -7.29. The number of aromatic nitrogens is 1. The molecule has 21 heavy (non-hydrogen) atoms. The Bertz CT molecular complexity index is 1120. The van der Waals surface area contributed by atoms with Gasteiger partial charge in [-0.05, 0) is 50.1 Å². The summed E-state index contributed by atoms with van der Waals surface area (Å²) in [6, 6.07) is -5.08. The van der Waals surface area contributed by atoms with E-state index in [1.807, 2.05) is 0 Å². The Kier molecular flexibility index (Phi) is 1.65. The number of nitrogens with zero attached hydrogens (tertiary/aromatic N) is 1. The summed E-state index contributed by atoms with van der Waals surface area (Å²) in [7, 11) is 3.16. The van der Waals surface area contributed by atoms with Crippen LogP contribution in [0.3, 0.4) is 0 Å². The summed E-state index contributed by atoms with van der Waals surface area (Å²) in [4.78, 5) is 13.5. The molecule has 2 aromatic rings. The Labute approximate surface area is 139 Å². The Hall–Kier alpha value is -2.01. The number of alkyl carbamates (subject to hydrolysis) is 1. The number of nitrogens with one attached hydrogen (secondary N) is 2. The van der Waals surface area contributed by atoms with Gasteiger partial charge in [0.05, 0.1) is 12.9 Å². The molecule has 0 aliphatic carbocycles. The molecular weight excluding hydrogens is 266 g/mol. The maximum absolute atomic E-state index is 11.6. The van der Waals surface area contributed by atoms with E-state index in [0.29, 0.717) is 4.98 Å². The number of carbonyl (C=O) groups excluding carboxylic acids is 1. The van der Waals surface area contributed by atoms with Crippen molar-refractivity contribution >= 4 is 17.0 Å². The number of benzene rings is 1. The van der Waals surface area contributed by atoms with E-state index in [2.05, 4.69) is 4.74 Å². The predicted molar refractivity (Wildman–Crippen MR) is 82.5 cm³/mol. The fourth-order valence-corrected chi connectivity index (χ4v) is 1.77. The molecule has 1 fully saturated rings. The number of likely N-dealkylation sites (N-methyl/N-ethyl adjacent to an activating group) is 1. The monoisotopic (exact) mass is 298 g/mol. The third-order valence-electron chi connectivity index (χ3n) is 2.72. The van der Waals surface area contributed by atoms with Gasteiger partial charge < -0.3 is 19.9 Å². The Morgan fingerprint density at radius 1 is 1.62 bits per heavy atom. The second-order valence-electron chi connectivity index (χ2n) is 4.72. The quantitative estimate of drug-likeness (QED) is 0.887. The largest absolute Gasteiger partial charge is 0.447 e. The molecule has 5 heteroatoms. The van der Waals surface area contributed by atoms with Gasteiger partial charge in [-0.15, -0.1) is 0 Å². The van der Waals surface area contributed by atoms with Crippen molar-refractivity contribution in [3.63, 3.8) is 0 Å². The van der Waals surface area contributed by atoms with Crippen LogP contribution in [0, 0.1) is 0 Å². The topological polar surface area (TPSA) is 57.4 Å². The van der Waals surface area contributed by atoms with E-state index < -0.39 is 77.8 Å². The average Bonchev–Trinajstić information content (AvgIpc) is 3.09. The second-order valence-corrected chi connectivity index (χ2v) is 4.72. The molecule has 1 amide bonds. The summed E-state index contributed by atoms with van der Waals surface area (Å²) in [5.41, 5.74) is -1.66.